The van der Waals surface area contributed by atoms with Crippen molar-refractivity contribution in [2.24, 2.45) is 12.8 Å². The predicted octanol–water partition coefficient (Wildman–Crippen LogP) is 0.820. The molecule has 0 radical (unpaired) electrons. The Labute approximate surface area is 124 Å². The third-order valence-corrected chi connectivity index (χ3v) is 3.99. The van der Waals surface area contributed by atoms with E-state index in [0.717, 1.165) is 5.56 Å². The lowest BCUT2D eigenvalue weighted by Gasteiger charge is -2.12. The first-order valence-corrected chi connectivity index (χ1v) is 7.25. The van der Waals surface area contributed by atoms with Crippen LogP contribution in [0.15, 0.2) is 47.9 Å². The first-order chi connectivity index (χ1) is 8.99. The number of sulfonamides is 1. The van der Waals surface area contributed by atoms with Crippen molar-refractivity contribution >= 4 is 22.4 Å². The molecule has 2 rings (SSSR count). The van der Waals surface area contributed by atoms with Crippen molar-refractivity contribution in [1.82, 2.24) is 14.3 Å². The lowest BCUT2D eigenvalue weighted by Crippen LogP contribution is -2.32. The number of aryl methyl sites for hydroxylation is 1. The molecule has 0 aliphatic rings. The van der Waals surface area contributed by atoms with Crippen molar-refractivity contribution < 1.29 is 8.42 Å². The van der Waals surface area contributed by atoms with E-state index >= 15 is 0 Å². The van der Waals surface area contributed by atoms with E-state index in [4.69, 9.17) is 5.73 Å². The van der Waals surface area contributed by atoms with Gasteiger partial charge in [0.05, 0.1) is 6.33 Å². The first kappa shape index (κ1) is 16.6. The van der Waals surface area contributed by atoms with Crippen LogP contribution in [0.25, 0.3) is 0 Å². The summed E-state index contributed by atoms with van der Waals surface area (Å²) in [5, 5.41) is -0.00439. The van der Waals surface area contributed by atoms with E-state index in [-0.39, 0.29) is 30.0 Å². The van der Waals surface area contributed by atoms with Gasteiger partial charge in [-0.3, -0.25) is 0 Å². The summed E-state index contributed by atoms with van der Waals surface area (Å²) in [4.78, 5) is 3.81. The minimum Gasteiger partial charge on any atom is -0.339 e. The monoisotopic (exact) mass is 316 g/mol. The molecular formula is C12H17ClN4O2S. The molecule has 2 aromatic rings. The number of nitrogens with two attached hydrogens (primary N) is 1. The van der Waals surface area contributed by atoms with Gasteiger partial charge < -0.3 is 10.3 Å². The van der Waals surface area contributed by atoms with Gasteiger partial charge in [-0.15, -0.1) is 12.4 Å². The second-order valence-electron chi connectivity index (χ2n) is 4.25. The number of hydrogen-bond acceptors (Lipinski definition) is 4. The summed E-state index contributed by atoms with van der Waals surface area (Å²) in [7, 11) is -1.89. The number of aromatic nitrogens is 2. The molecule has 0 saturated carbocycles. The molecule has 0 spiro atoms. The number of benzene rings is 1. The SMILES string of the molecule is Cl.Cn1cnc(S(=O)(=O)NCC(N)c2ccccc2)c1. The summed E-state index contributed by atoms with van der Waals surface area (Å²) in [5.41, 5.74) is 6.81. The number of nitrogens with one attached hydrogen (secondary N) is 1. The van der Waals surface area contributed by atoms with E-state index < -0.39 is 10.0 Å². The Morgan fingerprint density at radius 1 is 1.35 bits per heavy atom. The number of nitrogens with zero attached hydrogens (tertiary/aromatic N) is 2. The average molecular weight is 317 g/mol. The Hall–Kier alpha value is -1.41. The molecule has 1 aromatic carbocycles. The zero-order valence-corrected chi connectivity index (χ0v) is 12.6. The van der Waals surface area contributed by atoms with Gasteiger partial charge in [-0.2, -0.15) is 0 Å². The normalized spacial score (nSPS) is 12.7. The maximum Gasteiger partial charge on any atom is 0.259 e. The van der Waals surface area contributed by atoms with Gasteiger partial charge in [0.15, 0.2) is 5.03 Å². The predicted molar refractivity (Wildman–Crippen MR) is 79.0 cm³/mol. The van der Waals surface area contributed by atoms with Crippen LogP contribution in [0.2, 0.25) is 0 Å². The highest BCUT2D eigenvalue weighted by atomic mass is 35.5. The van der Waals surface area contributed by atoms with Crippen molar-refractivity contribution in [2.45, 2.75) is 11.1 Å². The molecule has 0 aliphatic heterocycles. The highest BCUT2D eigenvalue weighted by Crippen LogP contribution is 2.10. The fraction of sp³-hybridized carbons (Fsp3) is 0.250. The van der Waals surface area contributed by atoms with Crippen molar-refractivity contribution in [3.05, 3.63) is 48.4 Å². The van der Waals surface area contributed by atoms with Crippen LogP contribution in [-0.2, 0) is 17.1 Å². The first-order valence-electron chi connectivity index (χ1n) is 5.77. The average Bonchev–Trinajstić information content (AvgIpc) is 2.85. The van der Waals surface area contributed by atoms with Crippen LogP contribution < -0.4 is 10.5 Å². The minimum absolute atomic E-state index is 0. The van der Waals surface area contributed by atoms with Gasteiger partial charge in [-0.25, -0.2) is 18.1 Å². The molecular weight excluding hydrogens is 300 g/mol. The Kier molecular flexibility index (Phi) is 5.70. The molecule has 8 heteroatoms. The number of rotatable bonds is 5. The van der Waals surface area contributed by atoms with E-state index in [1.165, 1.54) is 12.5 Å². The van der Waals surface area contributed by atoms with Crippen molar-refractivity contribution in [1.29, 1.82) is 0 Å². The molecule has 0 amide bonds. The Morgan fingerprint density at radius 2 is 2.00 bits per heavy atom. The summed E-state index contributed by atoms with van der Waals surface area (Å²) < 4.78 is 27.9. The molecule has 1 aromatic heterocycles. The van der Waals surface area contributed by atoms with Crippen LogP contribution in [0.5, 0.6) is 0 Å². The molecule has 0 bridgehead atoms. The van der Waals surface area contributed by atoms with Crippen LogP contribution in [-0.4, -0.2) is 24.5 Å². The summed E-state index contributed by atoms with van der Waals surface area (Å²) >= 11 is 0. The van der Waals surface area contributed by atoms with Crippen LogP contribution >= 0.6 is 12.4 Å². The largest absolute Gasteiger partial charge is 0.339 e. The highest BCUT2D eigenvalue weighted by molar-refractivity contribution is 7.89. The minimum atomic E-state index is -3.60. The smallest absolute Gasteiger partial charge is 0.259 e. The zero-order valence-electron chi connectivity index (χ0n) is 10.9. The van der Waals surface area contributed by atoms with Crippen LogP contribution in [0, 0.1) is 0 Å². The van der Waals surface area contributed by atoms with E-state index in [1.54, 1.807) is 11.6 Å². The van der Waals surface area contributed by atoms with E-state index in [1.807, 2.05) is 30.3 Å². The van der Waals surface area contributed by atoms with Gasteiger partial charge in [-0.05, 0) is 5.56 Å². The van der Waals surface area contributed by atoms with E-state index in [2.05, 4.69) is 9.71 Å². The second-order valence-corrected chi connectivity index (χ2v) is 5.96. The van der Waals surface area contributed by atoms with Gasteiger partial charge in [0, 0.05) is 25.8 Å². The fourth-order valence-corrected chi connectivity index (χ4v) is 2.66. The van der Waals surface area contributed by atoms with Gasteiger partial charge in [0.1, 0.15) is 0 Å². The van der Waals surface area contributed by atoms with Gasteiger partial charge in [-0.1, -0.05) is 30.3 Å². The fourth-order valence-electron chi connectivity index (χ4n) is 1.62. The zero-order chi connectivity index (χ0) is 13.9. The highest BCUT2D eigenvalue weighted by Gasteiger charge is 2.18. The third kappa shape index (κ3) is 4.04. The molecule has 3 N–H and O–H groups in total. The summed E-state index contributed by atoms with van der Waals surface area (Å²) in [5.74, 6) is 0. The molecule has 1 unspecified atom stereocenters. The molecule has 6 nitrogen and oxygen atoms in total. The number of hydrogen-bond donors (Lipinski definition) is 2. The standard InChI is InChI=1S/C12H16N4O2S.ClH/c1-16-8-12(14-9-16)19(17,18)15-7-11(13)10-5-3-2-4-6-10;/h2-6,8-9,11,15H,7,13H2,1H3;1H. The molecule has 0 fully saturated rings. The second kappa shape index (κ2) is 6.85. The van der Waals surface area contributed by atoms with Crippen LogP contribution in [0.4, 0.5) is 0 Å². The number of imidazole rings is 1. The summed E-state index contributed by atoms with van der Waals surface area (Å²) in [6.45, 7) is 0.128. The lowest BCUT2D eigenvalue weighted by atomic mass is 10.1. The number of halogens is 1. The molecule has 20 heavy (non-hydrogen) atoms. The Bertz CT molecular complexity index is 642. The summed E-state index contributed by atoms with van der Waals surface area (Å²) in [6, 6.07) is 8.94. The molecule has 0 aliphatic carbocycles. The van der Waals surface area contributed by atoms with Gasteiger partial charge >= 0.3 is 0 Å². The van der Waals surface area contributed by atoms with Gasteiger partial charge in [0.2, 0.25) is 0 Å². The quantitative estimate of drug-likeness (QED) is 0.854. The molecule has 1 heterocycles. The third-order valence-electron chi connectivity index (χ3n) is 2.68. The molecule has 110 valence electrons. The molecule has 0 saturated heterocycles. The Morgan fingerprint density at radius 3 is 2.55 bits per heavy atom. The van der Waals surface area contributed by atoms with Crippen LogP contribution in [0.3, 0.4) is 0 Å². The van der Waals surface area contributed by atoms with Crippen molar-refractivity contribution in [3.63, 3.8) is 0 Å². The Balaban J connectivity index is 0.00000200. The van der Waals surface area contributed by atoms with Crippen molar-refractivity contribution in [3.8, 4) is 0 Å². The maximum absolute atomic E-state index is 11.9. The van der Waals surface area contributed by atoms with E-state index in [9.17, 15) is 8.42 Å². The van der Waals surface area contributed by atoms with Gasteiger partial charge in [0.25, 0.3) is 10.0 Å². The van der Waals surface area contributed by atoms with Crippen molar-refractivity contribution in [2.75, 3.05) is 6.54 Å². The lowest BCUT2D eigenvalue weighted by molar-refractivity contribution is 0.569. The topological polar surface area (TPSA) is 90.0 Å². The summed E-state index contributed by atoms with van der Waals surface area (Å²) in [6.07, 6.45) is 2.88. The van der Waals surface area contributed by atoms with Crippen LogP contribution in [0.1, 0.15) is 11.6 Å². The van der Waals surface area contributed by atoms with E-state index in [0.29, 0.717) is 0 Å². The maximum atomic E-state index is 11.9. The molecule has 1 atom stereocenters.